The van der Waals surface area contributed by atoms with Crippen LogP contribution in [0.15, 0.2) is 42.5 Å². The van der Waals surface area contributed by atoms with Crippen molar-refractivity contribution in [1.29, 1.82) is 0 Å². The van der Waals surface area contributed by atoms with Crippen molar-refractivity contribution in [2.24, 2.45) is 0 Å². The number of hydrogen-bond acceptors (Lipinski definition) is 6. The van der Waals surface area contributed by atoms with Crippen molar-refractivity contribution in [3.05, 3.63) is 59.2 Å². The summed E-state index contributed by atoms with van der Waals surface area (Å²) in [4.78, 5) is 17.1. The number of benzene rings is 2. The van der Waals surface area contributed by atoms with E-state index in [4.69, 9.17) is 14.2 Å². The summed E-state index contributed by atoms with van der Waals surface area (Å²) in [6.45, 7) is 4.72. The third-order valence-electron chi connectivity index (χ3n) is 6.39. The Bertz CT molecular complexity index is 959. The molecule has 2 aromatic rings. The summed E-state index contributed by atoms with van der Waals surface area (Å²) < 4.78 is 17.2. The average Bonchev–Trinajstić information content (AvgIpc) is 3.26. The minimum absolute atomic E-state index is 0.0444. The third kappa shape index (κ3) is 4.75. The van der Waals surface area contributed by atoms with Gasteiger partial charge in [-0.15, -0.1) is 0 Å². The van der Waals surface area contributed by atoms with Crippen molar-refractivity contribution >= 4 is 5.91 Å². The van der Waals surface area contributed by atoms with Gasteiger partial charge in [0.25, 0.3) is 5.91 Å². The molecule has 0 aliphatic carbocycles. The van der Waals surface area contributed by atoms with Crippen LogP contribution >= 0.6 is 0 Å². The summed E-state index contributed by atoms with van der Waals surface area (Å²) in [5, 5.41) is 10.8. The van der Waals surface area contributed by atoms with Gasteiger partial charge in [0.15, 0.2) is 0 Å². The first-order valence-electron chi connectivity index (χ1n) is 11.4. The van der Waals surface area contributed by atoms with Crippen LogP contribution in [0.2, 0.25) is 0 Å². The molecule has 3 heterocycles. The van der Waals surface area contributed by atoms with Gasteiger partial charge < -0.3 is 24.2 Å². The van der Waals surface area contributed by atoms with E-state index in [0.717, 1.165) is 25.9 Å². The molecular weight excluding hydrogens is 408 g/mol. The van der Waals surface area contributed by atoms with Crippen LogP contribution in [-0.2, 0) is 17.7 Å². The number of β-amino-alcohol motifs (C(OH)–C–C–N with tert-alkyl or cyclic N) is 1. The number of aliphatic hydroxyl groups is 1. The summed E-state index contributed by atoms with van der Waals surface area (Å²) in [5.74, 6) is 1.11. The Labute approximate surface area is 188 Å². The molecule has 2 atom stereocenters. The summed E-state index contributed by atoms with van der Waals surface area (Å²) >= 11 is 0. The van der Waals surface area contributed by atoms with Crippen LogP contribution < -0.4 is 9.47 Å². The predicted octanol–water partition coefficient (Wildman–Crippen LogP) is 2.11. The molecule has 0 unspecified atom stereocenters. The number of nitrogens with zero attached hydrogens (tertiary/aromatic N) is 2. The van der Waals surface area contributed by atoms with Gasteiger partial charge >= 0.3 is 0 Å². The lowest BCUT2D eigenvalue weighted by atomic mass is 10.00. The monoisotopic (exact) mass is 438 g/mol. The van der Waals surface area contributed by atoms with Gasteiger partial charge in [-0.3, -0.25) is 9.69 Å². The molecule has 5 rings (SSSR count). The molecule has 0 radical (unpaired) electrons. The first-order valence-corrected chi connectivity index (χ1v) is 11.4. The van der Waals surface area contributed by atoms with Gasteiger partial charge in [0.05, 0.1) is 31.4 Å². The maximum absolute atomic E-state index is 13.1. The molecule has 1 N–H and O–H groups in total. The highest BCUT2D eigenvalue weighted by atomic mass is 16.5. The Balaban J connectivity index is 1.20. The van der Waals surface area contributed by atoms with Crippen molar-refractivity contribution in [1.82, 2.24) is 9.80 Å². The van der Waals surface area contributed by atoms with E-state index in [1.165, 1.54) is 11.1 Å². The van der Waals surface area contributed by atoms with Gasteiger partial charge in [-0.1, -0.05) is 24.3 Å². The molecule has 1 fully saturated rings. The topological polar surface area (TPSA) is 71.5 Å². The molecule has 170 valence electrons. The van der Waals surface area contributed by atoms with E-state index in [9.17, 15) is 9.90 Å². The van der Waals surface area contributed by atoms with E-state index in [0.29, 0.717) is 50.0 Å². The van der Waals surface area contributed by atoms with Crippen molar-refractivity contribution in [2.75, 3.05) is 46.0 Å². The number of fused-ring (bicyclic) bond motifs is 2. The van der Waals surface area contributed by atoms with Gasteiger partial charge in [0.2, 0.25) is 0 Å². The fourth-order valence-electron chi connectivity index (χ4n) is 4.70. The molecule has 0 bridgehead atoms. The zero-order valence-corrected chi connectivity index (χ0v) is 18.2. The van der Waals surface area contributed by atoms with Crippen LogP contribution in [0.5, 0.6) is 11.5 Å². The van der Waals surface area contributed by atoms with E-state index < -0.39 is 6.10 Å². The molecule has 0 aromatic heterocycles. The molecule has 3 aliphatic heterocycles. The SMILES string of the molecule is O=C1c2ccc(O[C@@H]3CCOC3)cc2OCCN1C[C@H](O)CN1CCc2ccccc2C1. The maximum atomic E-state index is 13.1. The van der Waals surface area contributed by atoms with Crippen molar-refractivity contribution in [2.45, 2.75) is 31.6 Å². The Kier molecular flexibility index (Phi) is 6.30. The van der Waals surface area contributed by atoms with Crippen LogP contribution in [0.1, 0.15) is 27.9 Å². The lowest BCUT2D eigenvalue weighted by Crippen LogP contribution is -2.44. The molecule has 3 aliphatic rings. The number of rotatable bonds is 6. The van der Waals surface area contributed by atoms with Gasteiger partial charge in [0.1, 0.15) is 24.2 Å². The number of hydrogen-bond donors (Lipinski definition) is 1. The molecule has 32 heavy (non-hydrogen) atoms. The van der Waals surface area contributed by atoms with Gasteiger partial charge in [-0.05, 0) is 29.7 Å². The average molecular weight is 439 g/mol. The summed E-state index contributed by atoms with van der Waals surface area (Å²) in [5.41, 5.74) is 3.22. The van der Waals surface area contributed by atoms with Gasteiger partial charge in [-0.25, -0.2) is 0 Å². The van der Waals surface area contributed by atoms with E-state index in [-0.39, 0.29) is 18.6 Å². The quantitative estimate of drug-likeness (QED) is 0.745. The van der Waals surface area contributed by atoms with E-state index in [1.54, 1.807) is 17.0 Å². The summed E-state index contributed by atoms with van der Waals surface area (Å²) in [7, 11) is 0. The summed E-state index contributed by atoms with van der Waals surface area (Å²) in [6, 6.07) is 13.8. The zero-order chi connectivity index (χ0) is 21.9. The Morgan fingerprint density at radius 3 is 2.81 bits per heavy atom. The third-order valence-corrected chi connectivity index (χ3v) is 6.39. The smallest absolute Gasteiger partial charge is 0.257 e. The van der Waals surface area contributed by atoms with E-state index >= 15 is 0 Å². The molecule has 0 saturated carbocycles. The van der Waals surface area contributed by atoms with Crippen LogP contribution in [0.25, 0.3) is 0 Å². The van der Waals surface area contributed by atoms with Crippen molar-refractivity contribution in [3.63, 3.8) is 0 Å². The highest BCUT2D eigenvalue weighted by Gasteiger charge is 2.27. The zero-order valence-electron chi connectivity index (χ0n) is 18.2. The highest BCUT2D eigenvalue weighted by Crippen LogP contribution is 2.29. The lowest BCUT2D eigenvalue weighted by molar-refractivity contribution is 0.0501. The molecule has 0 spiro atoms. The van der Waals surface area contributed by atoms with Crippen LogP contribution in [0, 0.1) is 0 Å². The highest BCUT2D eigenvalue weighted by molar-refractivity contribution is 5.97. The maximum Gasteiger partial charge on any atom is 0.257 e. The second-order valence-corrected chi connectivity index (χ2v) is 8.77. The van der Waals surface area contributed by atoms with Crippen LogP contribution in [-0.4, -0.2) is 79.0 Å². The number of amides is 1. The molecule has 2 aromatic carbocycles. The normalized spacial score (nSPS) is 22.0. The Morgan fingerprint density at radius 1 is 1.09 bits per heavy atom. The Hall–Kier alpha value is -2.61. The van der Waals surface area contributed by atoms with Gasteiger partial charge in [-0.2, -0.15) is 0 Å². The largest absolute Gasteiger partial charge is 0.491 e. The lowest BCUT2D eigenvalue weighted by Gasteiger charge is -2.32. The molecule has 1 amide bonds. The fraction of sp³-hybridized carbons (Fsp3) is 0.480. The predicted molar refractivity (Wildman–Crippen MR) is 119 cm³/mol. The standard InChI is InChI=1S/C25H30N2O5/c28-20(15-26-9-7-18-3-1-2-4-19(18)14-26)16-27-10-12-31-24-13-21(5-6-23(24)25(27)29)32-22-8-11-30-17-22/h1-6,13,20,22,28H,7-12,14-17H2/t20-,22-/m1/s1. The second kappa shape index (κ2) is 9.48. The summed E-state index contributed by atoms with van der Waals surface area (Å²) in [6.07, 6.45) is 1.29. The van der Waals surface area contributed by atoms with E-state index in [2.05, 4.69) is 29.2 Å². The molecular formula is C25H30N2O5. The van der Waals surface area contributed by atoms with Crippen LogP contribution in [0.3, 0.4) is 0 Å². The van der Waals surface area contributed by atoms with E-state index in [1.807, 2.05) is 6.07 Å². The van der Waals surface area contributed by atoms with Crippen LogP contribution in [0.4, 0.5) is 0 Å². The molecule has 7 nitrogen and oxygen atoms in total. The minimum Gasteiger partial charge on any atom is -0.491 e. The number of ether oxygens (including phenoxy) is 3. The first-order chi connectivity index (χ1) is 15.7. The number of carbonyl (C=O) groups is 1. The Morgan fingerprint density at radius 2 is 1.97 bits per heavy atom. The first kappa shape index (κ1) is 21.2. The van der Waals surface area contributed by atoms with Crippen molar-refractivity contribution < 1.29 is 24.1 Å². The second-order valence-electron chi connectivity index (χ2n) is 8.77. The fourth-order valence-corrected chi connectivity index (χ4v) is 4.70. The van der Waals surface area contributed by atoms with Gasteiger partial charge in [0, 0.05) is 38.7 Å². The number of aliphatic hydroxyl groups excluding tert-OH is 1. The molecule has 1 saturated heterocycles. The minimum atomic E-state index is -0.615. The molecule has 7 heteroatoms. The van der Waals surface area contributed by atoms with Crippen molar-refractivity contribution in [3.8, 4) is 11.5 Å². The number of carbonyl (C=O) groups excluding carboxylic acids is 1.